The highest BCUT2D eigenvalue weighted by Crippen LogP contribution is 2.59. The van der Waals surface area contributed by atoms with Gasteiger partial charge in [-0.2, -0.15) is 0 Å². The zero-order valence-electron chi connectivity index (χ0n) is 20.9. The Kier molecular flexibility index (Phi) is 5.58. The molecule has 3 aliphatic rings. The highest BCUT2D eigenvalue weighted by Gasteiger charge is 2.55. The van der Waals surface area contributed by atoms with Crippen LogP contribution in [0.4, 0.5) is 0 Å². The molecule has 0 heterocycles. The molecule has 0 aromatic carbocycles. The first kappa shape index (κ1) is 22.8. The van der Waals surface area contributed by atoms with Crippen LogP contribution in [-0.2, 0) is 0 Å². The van der Waals surface area contributed by atoms with Crippen molar-refractivity contribution < 1.29 is 0 Å². The van der Waals surface area contributed by atoms with E-state index in [1.165, 1.54) is 11.1 Å². The van der Waals surface area contributed by atoms with Crippen molar-refractivity contribution in [3.05, 3.63) is 47.6 Å². The maximum absolute atomic E-state index is 4.12. The van der Waals surface area contributed by atoms with E-state index < -0.39 is 8.24 Å². The van der Waals surface area contributed by atoms with E-state index in [0.29, 0.717) is 23.7 Å². The number of nitrogens with one attached hydrogen (secondary N) is 1. The molecule has 2 heteroatoms. The van der Waals surface area contributed by atoms with Crippen LogP contribution in [0, 0.1) is 34.5 Å². The Bertz CT molecular complexity index is 706. The third kappa shape index (κ3) is 4.59. The van der Waals surface area contributed by atoms with Crippen LogP contribution >= 0.6 is 0 Å². The molecule has 162 valence electrons. The van der Waals surface area contributed by atoms with Crippen molar-refractivity contribution in [3.63, 3.8) is 0 Å². The summed E-state index contributed by atoms with van der Waals surface area (Å²) in [6, 6.07) is 0. The second-order valence-corrected chi connectivity index (χ2v) is 17.8. The van der Waals surface area contributed by atoms with Gasteiger partial charge < -0.3 is 4.98 Å². The second kappa shape index (κ2) is 7.09. The summed E-state index contributed by atoms with van der Waals surface area (Å²) in [6.07, 6.45) is 15.4. The minimum absolute atomic E-state index is 0.166. The van der Waals surface area contributed by atoms with Crippen molar-refractivity contribution >= 4 is 8.24 Å². The molecule has 4 unspecified atom stereocenters. The first-order chi connectivity index (χ1) is 13.0. The van der Waals surface area contributed by atoms with Crippen LogP contribution < -0.4 is 4.98 Å². The highest BCUT2D eigenvalue weighted by atomic mass is 28.3. The molecule has 0 aromatic rings. The summed E-state index contributed by atoms with van der Waals surface area (Å²) in [5, 5.41) is 0. The average molecular weight is 412 g/mol. The number of hydrogen-bond donors (Lipinski definition) is 1. The van der Waals surface area contributed by atoms with E-state index in [-0.39, 0.29) is 16.4 Å². The molecule has 3 rings (SSSR count). The summed E-state index contributed by atoms with van der Waals surface area (Å²) in [5.41, 5.74) is 4.35. The van der Waals surface area contributed by atoms with Crippen molar-refractivity contribution in [2.75, 3.05) is 0 Å². The van der Waals surface area contributed by atoms with Crippen molar-refractivity contribution in [2.45, 2.75) is 86.5 Å². The van der Waals surface area contributed by atoms with Crippen molar-refractivity contribution in [1.82, 2.24) is 4.98 Å². The fraction of sp³-hybridized carbons (Fsp3) is 0.704. The lowest BCUT2D eigenvalue weighted by atomic mass is 9.73. The van der Waals surface area contributed by atoms with E-state index in [9.17, 15) is 0 Å². The number of hydrogen-bond acceptors (Lipinski definition) is 1. The molecule has 0 bridgehead atoms. The van der Waals surface area contributed by atoms with Crippen LogP contribution in [0.25, 0.3) is 0 Å². The van der Waals surface area contributed by atoms with Gasteiger partial charge in [0.1, 0.15) is 8.24 Å². The average Bonchev–Trinajstić information content (AvgIpc) is 2.84. The minimum atomic E-state index is -1.67. The Morgan fingerprint density at radius 3 is 1.34 bits per heavy atom. The minimum Gasteiger partial charge on any atom is -0.332 e. The molecule has 1 nitrogen and oxygen atoms in total. The lowest BCUT2D eigenvalue weighted by Gasteiger charge is -2.43. The molecule has 1 N–H and O–H groups in total. The predicted octanol–water partition coefficient (Wildman–Crippen LogP) is 7.51. The topological polar surface area (TPSA) is 12.0 Å². The Morgan fingerprint density at radius 2 is 1.03 bits per heavy atom. The van der Waals surface area contributed by atoms with Crippen molar-refractivity contribution in [1.29, 1.82) is 0 Å². The van der Waals surface area contributed by atoms with Gasteiger partial charge in [-0.15, -0.1) is 0 Å². The van der Waals surface area contributed by atoms with E-state index in [1.807, 2.05) is 0 Å². The van der Waals surface area contributed by atoms with E-state index in [1.54, 1.807) is 0 Å². The maximum atomic E-state index is 4.12. The van der Waals surface area contributed by atoms with Crippen LogP contribution in [0.2, 0.25) is 18.6 Å². The molecule has 0 aliphatic heterocycles. The molecular formula is C27H45NSi. The van der Waals surface area contributed by atoms with Gasteiger partial charge in [0.2, 0.25) is 0 Å². The van der Waals surface area contributed by atoms with Gasteiger partial charge in [0.05, 0.1) is 0 Å². The van der Waals surface area contributed by atoms with Crippen LogP contribution in [-0.4, -0.2) is 13.8 Å². The third-order valence-corrected chi connectivity index (χ3v) is 11.0. The van der Waals surface area contributed by atoms with E-state index in [4.69, 9.17) is 0 Å². The molecule has 0 saturated heterocycles. The molecule has 3 aliphatic carbocycles. The molecule has 0 spiro atoms. The molecule has 0 aromatic heterocycles. The molecule has 1 saturated carbocycles. The molecule has 0 radical (unpaired) electrons. The molecule has 29 heavy (non-hydrogen) atoms. The van der Waals surface area contributed by atoms with Gasteiger partial charge in [0.15, 0.2) is 0 Å². The van der Waals surface area contributed by atoms with Gasteiger partial charge in [-0.25, -0.2) is 0 Å². The van der Waals surface area contributed by atoms with Crippen LogP contribution in [0.3, 0.4) is 0 Å². The first-order valence-corrected chi connectivity index (χ1v) is 14.7. The summed E-state index contributed by atoms with van der Waals surface area (Å²) in [6.45, 7) is 26.2. The van der Waals surface area contributed by atoms with Gasteiger partial charge in [-0.1, -0.05) is 91.1 Å². The lowest BCUT2D eigenvalue weighted by molar-refractivity contribution is 0.422. The second-order valence-electron chi connectivity index (χ2n) is 13.4. The van der Waals surface area contributed by atoms with Gasteiger partial charge in [-0.3, -0.25) is 0 Å². The zero-order chi connectivity index (χ0) is 22.0. The van der Waals surface area contributed by atoms with Crippen molar-refractivity contribution in [2.24, 2.45) is 34.5 Å². The summed E-state index contributed by atoms with van der Waals surface area (Å²) >= 11 is 0. The largest absolute Gasteiger partial charge is 0.332 e. The Hall–Kier alpha value is -0.863. The molecule has 0 amide bonds. The fourth-order valence-corrected chi connectivity index (χ4v) is 10.8. The van der Waals surface area contributed by atoms with Crippen LogP contribution in [0.1, 0.15) is 62.3 Å². The van der Waals surface area contributed by atoms with Crippen LogP contribution in [0.5, 0.6) is 0 Å². The zero-order valence-corrected chi connectivity index (χ0v) is 21.9. The Morgan fingerprint density at radius 1 is 0.655 bits per heavy atom. The van der Waals surface area contributed by atoms with Gasteiger partial charge in [0.25, 0.3) is 0 Å². The third-order valence-electron chi connectivity index (χ3n) is 7.17. The first-order valence-electron chi connectivity index (χ1n) is 11.6. The number of fused-ring (bicyclic) bond motifs is 3. The summed E-state index contributed by atoms with van der Waals surface area (Å²) < 4.78 is 0. The summed E-state index contributed by atoms with van der Waals surface area (Å²) in [5.74, 6) is 2.54. The Balaban J connectivity index is 2.07. The summed E-state index contributed by atoms with van der Waals surface area (Å²) in [7, 11) is -1.67. The van der Waals surface area contributed by atoms with E-state index in [2.05, 4.69) is 117 Å². The van der Waals surface area contributed by atoms with Crippen LogP contribution in [0.15, 0.2) is 47.6 Å². The van der Waals surface area contributed by atoms with E-state index in [0.717, 1.165) is 5.54 Å². The molecule has 1 fully saturated rings. The van der Waals surface area contributed by atoms with E-state index >= 15 is 0 Å². The number of rotatable bonds is 2. The fourth-order valence-electron chi connectivity index (χ4n) is 6.16. The smallest absolute Gasteiger partial charge is 0.124 e. The SMILES string of the molecule is CC(C)(C)N[Si](C)(C)C1C2C=CC(C(C)(C)C)=CC2C2C=C(C(C)(C)C)C=CC21. The lowest BCUT2D eigenvalue weighted by Crippen LogP contribution is -2.58. The predicted molar refractivity (Wildman–Crippen MR) is 131 cm³/mol. The highest BCUT2D eigenvalue weighted by molar-refractivity contribution is 6.76. The summed E-state index contributed by atoms with van der Waals surface area (Å²) in [4.78, 5) is 4.12. The normalized spacial score (nSPS) is 32.6. The molecule has 4 atom stereocenters. The van der Waals surface area contributed by atoms with Gasteiger partial charge >= 0.3 is 0 Å². The van der Waals surface area contributed by atoms with Gasteiger partial charge in [-0.05, 0) is 72.0 Å². The van der Waals surface area contributed by atoms with Gasteiger partial charge in [0, 0.05) is 5.54 Å². The molecular weight excluding hydrogens is 366 g/mol. The van der Waals surface area contributed by atoms with Crippen molar-refractivity contribution in [3.8, 4) is 0 Å². The monoisotopic (exact) mass is 411 g/mol. The quantitative estimate of drug-likeness (QED) is 0.463. The standard InChI is InChI=1S/C27H45NSi/c1-25(2,3)18-12-14-20-22(16-18)23-17-19(26(4,5)6)13-15-21(23)24(20)29(10,11)28-27(7,8)9/h12-17,20-24,28H,1-11H3. The number of allylic oxidation sites excluding steroid dienone is 8. The maximum Gasteiger partial charge on any atom is 0.124 e. The Labute approximate surface area is 181 Å².